The average Bonchev–Trinajstić information content (AvgIpc) is 2.91. The zero-order valence-electron chi connectivity index (χ0n) is 9.85. The van der Waals surface area contributed by atoms with Crippen LogP contribution in [0, 0.1) is 11.3 Å². The first kappa shape index (κ1) is 11.3. The minimum Gasteiger partial charge on any atom is -0.392 e. The molecule has 0 saturated heterocycles. The van der Waals surface area contributed by atoms with Crippen molar-refractivity contribution in [1.82, 2.24) is 19.7 Å². The van der Waals surface area contributed by atoms with Gasteiger partial charge in [0.05, 0.1) is 18.3 Å². The van der Waals surface area contributed by atoms with E-state index in [4.69, 9.17) is 5.26 Å². The molecule has 6 nitrogen and oxygen atoms in total. The smallest absolute Gasteiger partial charge is 0.158 e. The van der Waals surface area contributed by atoms with Crippen molar-refractivity contribution in [3.8, 4) is 11.9 Å². The summed E-state index contributed by atoms with van der Waals surface area (Å²) in [5, 5.41) is 23.3. The molecule has 2 heterocycles. The van der Waals surface area contributed by atoms with Crippen molar-refractivity contribution in [2.24, 2.45) is 0 Å². The lowest BCUT2D eigenvalue weighted by atomic mass is 10.1. The first-order valence-electron chi connectivity index (χ1n) is 5.62. The summed E-state index contributed by atoms with van der Waals surface area (Å²) < 4.78 is 1.62. The van der Waals surface area contributed by atoms with Crippen LogP contribution in [0.25, 0.3) is 16.7 Å². The Morgan fingerprint density at radius 2 is 2.21 bits per heavy atom. The minimum absolute atomic E-state index is 0.0454. The predicted molar refractivity (Wildman–Crippen MR) is 67.3 cm³/mol. The van der Waals surface area contributed by atoms with Crippen LogP contribution in [0.5, 0.6) is 0 Å². The van der Waals surface area contributed by atoms with Crippen molar-refractivity contribution in [2.75, 3.05) is 0 Å². The molecule has 0 spiro atoms. The van der Waals surface area contributed by atoms with Gasteiger partial charge in [-0.05, 0) is 11.6 Å². The topological polar surface area (TPSA) is 87.6 Å². The lowest BCUT2D eigenvalue weighted by molar-refractivity contribution is 0.283. The van der Waals surface area contributed by atoms with Crippen molar-refractivity contribution >= 4 is 10.9 Å². The fraction of sp³-hybridized carbons (Fsp3) is 0.0769. The second-order valence-corrected chi connectivity index (χ2v) is 3.94. The van der Waals surface area contributed by atoms with Gasteiger partial charge in [0, 0.05) is 11.5 Å². The first-order valence-corrected chi connectivity index (χ1v) is 5.62. The molecule has 0 unspecified atom stereocenters. The molecule has 6 heteroatoms. The summed E-state index contributed by atoms with van der Waals surface area (Å²) >= 11 is 0. The van der Waals surface area contributed by atoms with Gasteiger partial charge in [0.25, 0.3) is 0 Å². The van der Waals surface area contributed by atoms with Gasteiger partial charge in [-0.25, -0.2) is 14.6 Å². The van der Waals surface area contributed by atoms with Crippen LogP contribution in [0.15, 0.2) is 36.8 Å². The number of nitrogens with zero attached hydrogens (tertiary/aromatic N) is 5. The maximum Gasteiger partial charge on any atom is 0.158 e. The molecule has 0 radical (unpaired) electrons. The van der Waals surface area contributed by atoms with Crippen molar-refractivity contribution in [2.45, 2.75) is 6.61 Å². The van der Waals surface area contributed by atoms with Crippen LogP contribution in [0.1, 0.15) is 11.3 Å². The molecular weight excluding hydrogens is 242 g/mol. The summed E-state index contributed by atoms with van der Waals surface area (Å²) in [7, 11) is 0. The van der Waals surface area contributed by atoms with Crippen LogP contribution >= 0.6 is 0 Å². The van der Waals surface area contributed by atoms with Gasteiger partial charge >= 0.3 is 0 Å². The van der Waals surface area contributed by atoms with E-state index >= 15 is 0 Å². The van der Waals surface area contributed by atoms with Crippen molar-refractivity contribution < 1.29 is 5.11 Å². The number of nitriles is 1. The van der Waals surface area contributed by atoms with E-state index in [-0.39, 0.29) is 12.3 Å². The molecule has 3 aromatic rings. The van der Waals surface area contributed by atoms with E-state index in [9.17, 15) is 5.11 Å². The number of rotatable bonds is 2. The lowest BCUT2D eigenvalue weighted by Gasteiger charge is -2.03. The second kappa shape index (κ2) is 4.48. The van der Waals surface area contributed by atoms with E-state index in [1.54, 1.807) is 16.9 Å². The zero-order valence-corrected chi connectivity index (χ0v) is 9.85. The lowest BCUT2D eigenvalue weighted by Crippen LogP contribution is -2.00. The first-order chi connectivity index (χ1) is 9.33. The molecule has 0 bridgehead atoms. The van der Waals surface area contributed by atoms with Gasteiger partial charge in [-0.3, -0.25) is 0 Å². The number of hydrogen-bond acceptors (Lipinski definition) is 5. The molecule has 1 N–H and O–H groups in total. The molecule has 0 aliphatic carbocycles. The quantitative estimate of drug-likeness (QED) is 0.738. The van der Waals surface area contributed by atoms with Crippen LogP contribution in [0.3, 0.4) is 0 Å². The number of aliphatic hydroxyl groups is 1. The summed E-state index contributed by atoms with van der Waals surface area (Å²) in [5.41, 5.74) is 1.92. The number of benzene rings is 1. The second-order valence-electron chi connectivity index (χ2n) is 3.94. The summed E-state index contributed by atoms with van der Waals surface area (Å²) in [6.07, 6.45) is 3.01. The van der Waals surface area contributed by atoms with Gasteiger partial charge in [0.1, 0.15) is 18.1 Å². The van der Waals surface area contributed by atoms with Crippen LogP contribution in [0.2, 0.25) is 0 Å². The minimum atomic E-state index is -0.0454. The molecule has 0 saturated carbocycles. The Morgan fingerprint density at radius 3 is 3.00 bits per heavy atom. The van der Waals surface area contributed by atoms with Gasteiger partial charge in [-0.1, -0.05) is 12.1 Å². The Hall–Kier alpha value is -2.78. The maximum absolute atomic E-state index is 9.29. The predicted octanol–water partition coefficient (Wildman–Crippen LogP) is 1.18. The molecule has 0 amide bonds. The summed E-state index contributed by atoms with van der Waals surface area (Å²) in [6.45, 7) is -0.0454. The van der Waals surface area contributed by atoms with Crippen molar-refractivity contribution in [3.05, 3.63) is 48.0 Å². The van der Waals surface area contributed by atoms with E-state index in [2.05, 4.69) is 15.1 Å². The summed E-state index contributed by atoms with van der Waals surface area (Å²) in [4.78, 5) is 7.94. The van der Waals surface area contributed by atoms with E-state index in [0.29, 0.717) is 5.82 Å². The van der Waals surface area contributed by atoms with Crippen LogP contribution < -0.4 is 0 Å². The highest BCUT2D eigenvalue weighted by Crippen LogP contribution is 2.20. The third-order valence-corrected chi connectivity index (χ3v) is 2.86. The Balaban J connectivity index is 2.23. The van der Waals surface area contributed by atoms with Gasteiger partial charge in [0.15, 0.2) is 5.82 Å². The fourth-order valence-electron chi connectivity index (χ4n) is 1.96. The Morgan fingerprint density at radius 1 is 1.32 bits per heavy atom. The largest absolute Gasteiger partial charge is 0.392 e. The van der Waals surface area contributed by atoms with Gasteiger partial charge in [-0.15, -0.1) is 0 Å². The highest BCUT2D eigenvalue weighted by atomic mass is 16.3. The number of hydrogen-bond donors (Lipinski definition) is 1. The number of fused-ring (bicyclic) bond motifs is 1. The van der Waals surface area contributed by atoms with E-state index < -0.39 is 0 Å². The third-order valence-electron chi connectivity index (χ3n) is 2.86. The van der Waals surface area contributed by atoms with Gasteiger partial charge < -0.3 is 5.11 Å². The number of aromatic nitrogens is 4. The maximum atomic E-state index is 9.29. The van der Waals surface area contributed by atoms with E-state index in [1.165, 1.54) is 6.33 Å². The van der Waals surface area contributed by atoms with Crippen LogP contribution in [-0.2, 0) is 6.61 Å². The molecule has 0 aliphatic heterocycles. The average molecular weight is 251 g/mol. The monoisotopic (exact) mass is 251 g/mol. The SMILES string of the molecule is N#Cc1cc(-n2ncc3c(CO)cccc32)ncn1. The number of aliphatic hydroxyl groups excluding tert-OH is 1. The molecular formula is C13H9N5O. The van der Waals surface area contributed by atoms with Crippen LogP contribution in [-0.4, -0.2) is 24.9 Å². The van der Waals surface area contributed by atoms with Gasteiger partial charge in [-0.2, -0.15) is 10.4 Å². The van der Waals surface area contributed by atoms with Crippen molar-refractivity contribution in [3.63, 3.8) is 0 Å². The highest BCUT2D eigenvalue weighted by molar-refractivity contribution is 5.83. The van der Waals surface area contributed by atoms with Gasteiger partial charge in [0.2, 0.25) is 0 Å². The normalized spacial score (nSPS) is 10.5. The summed E-state index contributed by atoms with van der Waals surface area (Å²) in [5.74, 6) is 0.525. The van der Waals surface area contributed by atoms with E-state index in [1.807, 2.05) is 24.3 Å². The molecule has 2 aromatic heterocycles. The Bertz CT molecular complexity index is 787. The molecule has 0 atom stereocenters. The standard InChI is InChI=1S/C13H9N5O/c14-5-10-4-13(16-8-15-10)18-12-3-1-2-9(7-19)11(12)6-17-18/h1-4,6,8,19H,7H2. The molecule has 0 fully saturated rings. The van der Waals surface area contributed by atoms with Crippen LogP contribution in [0.4, 0.5) is 0 Å². The molecule has 1 aromatic carbocycles. The summed E-state index contributed by atoms with van der Waals surface area (Å²) in [6, 6.07) is 9.11. The Labute approximate surface area is 108 Å². The molecule has 92 valence electrons. The zero-order chi connectivity index (χ0) is 13.2. The third kappa shape index (κ3) is 1.82. The van der Waals surface area contributed by atoms with Crippen molar-refractivity contribution in [1.29, 1.82) is 5.26 Å². The molecule has 19 heavy (non-hydrogen) atoms. The Kier molecular flexibility index (Phi) is 2.67. The molecule has 3 rings (SSSR count). The highest BCUT2D eigenvalue weighted by Gasteiger charge is 2.09. The molecule has 0 aliphatic rings. The fourth-order valence-corrected chi connectivity index (χ4v) is 1.96. The van der Waals surface area contributed by atoms with E-state index in [0.717, 1.165) is 16.5 Å².